The summed E-state index contributed by atoms with van der Waals surface area (Å²) in [5.41, 5.74) is -0.282. The summed E-state index contributed by atoms with van der Waals surface area (Å²) < 4.78 is 51.4. The van der Waals surface area contributed by atoms with Gasteiger partial charge in [0.05, 0.1) is 17.4 Å². The number of ether oxygens (including phenoxy) is 1. The molecule has 1 aliphatic heterocycles. The molecule has 170 valence electrons. The van der Waals surface area contributed by atoms with Crippen molar-refractivity contribution in [2.75, 3.05) is 45.7 Å². The highest BCUT2D eigenvalue weighted by atomic mass is 32.1. The average Bonchev–Trinajstić information content (AvgIpc) is 3.19. The van der Waals surface area contributed by atoms with Crippen molar-refractivity contribution in [3.8, 4) is 5.75 Å². The van der Waals surface area contributed by atoms with Gasteiger partial charge >= 0.3 is 6.18 Å². The minimum atomic E-state index is -4.52. The maximum absolute atomic E-state index is 13.8. The first-order chi connectivity index (χ1) is 15.2. The average molecular weight is 465 g/mol. The highest BCUT2D eigenvalue weighted by Crippen LogP contribution is 2.35. The van der Waals surface area contributed by atoms with Gasteiger partial charge in [-0.15, -0.1) is 0 Å². The van der Waals surface area contributed by atoms with E-state index in [2.05, 4.69) is 14.6 Å². The molecule has 1 aromatic heterocycles. The Labute approximate surface area is 187 Å². The van der Waals surface area contributed by atoms with E-state index < -0.39 is 17.6 Å². The molecule has 3 aromatic rings. The number of methoxy groups -OCH3 is 1. The Morgan fingerprint density at radius 1 is 1.16 bits per heavy atom. The van der Waals surface area contributed by atoms with Crippen LogP contribution in [0.1, 0.15) is 21.6 Å². The first-order valence-electron chi connectivity index (χ1n) is 10.1. The number of carbonyl (C=O) groups excluding carboxylic acids is 1. The first-order valence-corrected chi connectivity index (χ1v) is 10.9. The summed E-state index contributed by atoms with van der Waals surface area (Å²) in [6, 6.07) is 9.14. The smallest absolute Gasteiger partial charge is 0.416 e. The van der Waals surface area contributed by atoms with Crippen LogP contribution in [-0.4, -0.2) is 60.4 Å². The van der Waals surface area contributed by atoms with Crippen LogP contribution >= 0.6 is 11.5 Å². The summed E-state index contributed by atoms with van der Waals surface area (Å²) in [7, 11) is 3.54. The van der Waals surface area contributed by atoms with Gasteiger partial charge in [0.25, 0.3) is 5.91 Å². The van der Waals surface area contributed by atoms with Crippen molar-refractivity contribution in [2.24, 2.45) is 0 Å². The summed E-state index contributed by atoms with van der Waals surface area (Å²) >= 11 is 1.13. The van der Waals surface area contributed by atoms with Crippen molar-refractivity contribution in [1.82, 2.24) is 14.2 Å². The molecule has 10 heteroatoms. The van der Waals surface area contributed by atoms with Crippen molar-refractivity contribution >= 4 is 33.2 Å². The normalized spacial score (nSPS) is 15.8. The summed E-state index contributed by atoms with van der Waals surface area (Å²) in [6.45, 7) is 3.29. The molecular formula is C22H23F3N4O2S. The number of piperazine rings is 1. The molecule has 0 saturated carbocycles. The zero-order chi connectivity index (χ0) is 22.9. The summed E-state index contributed by atoms with van der Waals surface area (Å²) in [5, 5.41) is 3.19. The van der Waals surface area contributed by atoms with E-state index in [9.17, 15) is 18.0 Å². The van der Waals surface area contributed by atoms with Gasteiger partial charge in [-0.1, -0.05) is 6.07 Å². The summed E-state index contributed by atoms with van der Waals surface area (Å²) in [6.07, 6.45) is -4.52. The van der Waals surface area contributed by atoms with Crippen LogP contribution in [0.4, 0.5) is 18.9 Å². The van der Waals surface area contributed by atoms with E-state index in [0.29, 0.717) is 24.2 Å². The molecule has 0 aliphatic carbocycles. The predicted octanol–water partition coefficient (Wildman–Crippen LogP) is 4.32. The molecule has 1 saturated heterocycles. The van der Waals surface area contributed by atoms with Crippen LogP contribution in [0.3, 0.4) is 0 Å². The molecular weight excluding hydrogens is 441 g/mol. The van der Waals surface area contributed by atoms with Crippen molar-refractivity contribution in [2.45, 2.75) is 12.7 Å². The molecule has 1 aliphatic rings. The minimum absolute atomic E-state index is 0.0825. The second-order valence-corrected chi connectivity index (χ2v) is 8.60. The van der Waals surface area contributed by atoms with Gasteiger partial charge in [0.15, 0.2) is 0 Å². The highest BCUT2D eigenvalue weighted by molar-refractivity contribution is 7.13. The van der Waals surface area contributed by atoms with Crippen LogP contribution in [-0.2, 0) is 12.7 Å². The number of rotatable bonds is 5. The summed E-state index contributed by atoms with van der Waals surface area (Å²) in [5.74, 6) is 0.0835. The quantitative estimate of drug-likeness (QED) is 0.610. The molecule has 0 spiro atoms. The maximum atomic E-state index is 13.8. The molecule has 1 N–H and O–H groups in total. The number of nitrogens with zero attached hydrogens (tertiary/aromatic N) is 3. The standard InChI is InChI=1S/C22H23F3N4O2S/c1-28-7-9-29(10-8-28)13-14-3-4-15(11-18(14)22(23,24)25)26-21(30)20-17-6-5-16(31-2)12-19(17)32-27-20/h3-6,11-12H,7-10,13H2,1-2H3,(H,26,30). The number of anilines is 1. The number of carbonyl (C=O) groups is 1. The fraction of sp³-hybridized carbons (Fsp3) is 0.364. The molecule has 1 amide bonds. The van der Waals surface area contributed by atoms with E-state index in [1.165, 1.54) is 12.1 Å². The van der Waals surface area contributed by atoms with E-state index in [0.717, 1.165) is 35.4 Å². The van der Waals surface area contributed by atoms with Crippen LogP contribution < -0.4 is 10.1 Å². The number of likely N-dealkylation sites (N-methyl/N-ethyl adjacent to an activating group) is 1. The van der Waals surface area contributed by atoms with E-state index in [1.807, 2.05) is 11.9 Å². The second kappa shape index (κ2) is 9.05. The van der Waals surface area contributed by atoms with Gasteiger partial charge in [-0.2, -0.15) is 17.5 Å². The molecule has 6 nitrogen and oxygen atoms in total. The fourth-order valence-corrected chi connectivity index (χ4v) is 4.50. The van der Waals surface area contributed by atoms with Gasteiger partial charge in [0.1, 0.15) is 11.4 Å². The van der Waals surface area contributed by atoms with Gasteiger partial charge < -0.3 is 15.0 Å². The molecule has 4 rings (SSSR count). The number of halogens is 3. The zero-order valence-electron chi connectivity index (χ0n) is 17.7. The topological polar surface area (TPSA) is 57.7 Å². The Morgan fingerprint density at radius 2 is 1.91 bits per heavy atom. The number of aromatic nitrogens is 1. The molecule has 0 atom stereocenters. The predicted molar refractivity (Wildman–Crippen MR) is 118 cm³/mol. The Kier molecular flexibility index (Phi) is 6.36. The number of nitrogens with one attached hydrogen (secondary N) is 1. The van der Waals surface area contributed by atoms with Crippen LogP contribution in [0.5, 0.6) is 5.75 Å². The largest absolute Gasteiger partial charge is 0.497 e. The molecule has 1 fully saturated rings. The monoisotopic (exact) mass is 464 g/mol. The Bertz CT molecular complexity index is 1120. The number of hydrogen-bond donors (Lipinski definition) is 1. The Balaban J connectivity index is 1.55. The van der Waals surface area contributed by atoms with Crippen LogP contribution in [0.15, 0.2) is 36.4 Å². The molecule has 2 heterocycles. The maximum Gasteiger partial charge on any atom is 0.416 e. The Morgan fingerprint density at radius 3 is 2.59 bits per heavy atom. The number of benzene rings is 2. The van der Waals surface area contributed by atoms with Crippen LogP contribution in [0.25, 0.3) is 10.1 Å². The lowest BCUT2D eigenvalue weighted by molar-refractivity contribution is -0.138. The van der Waals surface area contributed by atoms with Gasteiger partial charge in [-0.25, -0.2) is 0 Å². The van der Waals surface area contributed by atoms with Gasteiger partial charge in [0.2, 0.25) is 0 Å². The third-order valence-corrected chi connectivity index (χ3v) is 6.37. The third kappa shape index (κ3) is 4.87. The molecule has 32 heavy (non-hydrogen) atoms. The number of alkyl halides is 3. The minimum Gasteiger partial charge on any atom is -0.497 e. The highest BCUT2D eigenvalue weighted by Gasteiger charge is 2.34. The third-order valence-electron chi connectivity index (χ3n) is 5.56. The van der Waals surface area contributed by atoms with Crippen LogP contribution in [0.2, 0.25) is 0 Å². The van der Waals surface area contributed by atoms with E-state index >= 15 is 0 Å². The fourth-order valence-electron chi connectivity index (χ4n) is 3.70. The van der Waals surface area contributed by atoms with Crippen molar-refractivity contribution in [3.63, 3.8) is 0 Å². The van der Waals surface area contributed by atoms with E-state index in [1.54, 1.807) is 25.3 Å². The van der Waals surface area contributed by atoms with Crippen molar-refractivity contribution in [1.29, 1.82) is 0 Å². The van der Waals surface area contributed by atoms with Crippen molar-refractivity contribution in [3.05, 3.63) is 53.2 Å². The second-order valence-electron chi connectivity index (χ2n) is 7.80. The first kappa shape index (κ1) is 22.5. The SMILES string of the molecule is COc1ccc2c(C(=O)Nc3ccc(CN4CCN(C)CC4)c(C(F)(F)F)c3)nsc2c1. The lowest BCUT2D eigenvalue weighted by Crippen LogP contribution is -2.44. The van der Waals surface area contributed by atoms with E-state index in [-0.39, 0.29) is 23.5 Å². The van der Waals surface area contributed by atoms with Crippen molar-refractivity contribution < 1.29 is 22.7 Å². The zero-order valence-corrected chi connectivity index (χ0v) is 18.5. The van der Waals surface area contributed by atoms with Gasteiger partial charge in [-0.05, 0) is 54.5 Å². The summed E-state index contributed by atoms with van der Waals surface area (Å²) in [4.78, 5) is 16.9. The van der Waals surface area contributed by atoms with Gasteiger partial charge in [0, 0.05) is 43.8 Å². The van der Waals surface area contributed by atoms with Gasteiger partial charge in [-0.3, -0.25) is 9.69 Å². The lowest BCUT2D eigenvalue weighted by atomic mass is 10.0. The Hall–Kier alpha value is -2.69. The lowest BCUT2D eigenvalue weighted by Gasteiger charge is -2.33. The molecule has 2 aromatic carbocycles. The van der Waals surface area contributed by atoms with Crippen LogP contribution in [0, 0.1) is 0 Å². The molecule has 0 radical (unpaired) electrons. The number of amides is 1. The van der Waals surface area contributed by atoms with E-state index in [4.69, 9.17) is 4.74 Å². The molecule has 0 unspecified atom stereocenters. The number of hydrogen-bond acceptors (Lipinski definition) is 6. The number of fused-ring (bicyclic) bond motifs is 1. The molecule has 0 bridgehead atoms.